The monoisotopic (exact) mass is 394 g/mol. The average Bonchev–Trinajstić information content (AvgIpc) is 3.05. The van der Waals surface area contributed by atoms with Crippen LogP contribution in [0.25, 0.3) is 0 Å². The Balaban J connectivity index is 1.52. The van der Waals surface area contributed by atoms with Crippen molar-refractivity contribution in [3.63, 3.8) is 0 Å². The lowest BCUT2D eigenvalue weighted by atomic mass is 9.94. The van der Waals surface area contributed by atoms with Gasteiger partial charge in [0.15, 0.2) is 0 Å². The molecule has 0 spiro atoms. The van der Waals surface area contributed by atoms with Gasteiger partial charge in [-0.15, -0.1) is 0 Å². The Bertz CT molecular complexity index is 796. The Kier molecular flexibility index (Phi) is 6.27. The van der Waals surface area contributed by atoms with Gasteiger partial charge >= 0.3 is 0 Å². The van der Waals surface area contributed by atoms with Gasteiger partial charge in [0, 0.05) is 32.0 Å². The predicted octanol–water partition coefficient (Wildman–Crippen LogP) is 3.85. The quantitative estimate of drug-likeness (QED) is 0.788. The molecule has 154 valence electrons. The molecular weight excluding hydrogens is 364 g/mol. The van der Waals surface area contributed by atoms with Crippen LogP contribution >= 0.6 is 0 Å². The zero-order valence-corrected chi connectivity index (χ0v) is 17.2. The zero-order chi connectivity index (χ0) is 20.1. The van der Waals surface area contributed by atoms with Crippen molar-refractivity contribution < 1.29 is 9.53 Å². The van der Waals surface area contributed by atoms with Crippen LogP contribution in [-0.4, -0.2) is 47.5 Å². The number of amides is 1. The van der Waals surface area contributed by atoms with Crippen molar-refractivity contribution in [2.24, 2.45) is 5.92 Å². The van der Waals surface area contributed by atoms with Crippen molar-refractivity contribution >= 4 is 11.7 Å². The van der Waals surface area contributed by atoms with Crippen molar-refractivity contribution in [1.82, 2.24) is 14.9 Å². The summed E-state index contributed by atoms with van der Waals surface area (Å²) >= 11 is 0. The van der Waals surface area contributed by atoms with Gasteiger partial charge in [-0.05, 0) is 43.4 Å². The lowest BCUT2D eigenvalue weighted by molar-refractivity contribution is -0.138. The number of carbonyl (C=O) groups is 1. The minimum atomic E-state index is 0.0182. The van der Waals surface area contributed by atoms with Crippen LogP contribution in [0.15, 0.2) is 42.9 Å². The fourth-order valence-electron chi connectivity index (χ4n) is 4.62. The Morgan fingerprint density at radius 3 is 2.66 bits per heavy atom. The first-order valence-corrected chi connectivity index (χ1v) is 10.7. The molecule has 0 unspecified atom stereocenters. The van der Waals surface area contributed by atoms with Crippen LogP contribution in [0.2, 0.25) is 0 Å². The van der Waals surface area contributed by atoms with Gasteiger partial charge in [0.05, 0.1) is 25.3 Å². The minimum absolute atomic E-state index is 0.0182. The minimum Gasteiger partial charge on any atom is -0.497 e. The maximum absolute atomic E-state index is 13.6. The second-order valence-electron chi connectivity index (χ2n) is 8.02. The van der Waals surface area contributed by atoms with Crippen molar-refractivity contribution in [2.45, 2.75) is 44.6 Å². The molecule has 2 saturated heterocycles. The van der Waals surface area contributed by atoms with Crippen LogP contribution < -0.4 is 9.64 Å². The predicted molar refractivity (Wildman–Crippen MR) is 113 cm³/mol. The van der Waals surface area contributed by atoms with Crippen molar-refractivity contribution in [1.29, 1.82) is 0 Å². The first-order chi connectivity index (χ1) is 14.3. The molecule has 2 aromatic rings. The molecule has 4 rings (SSSR count). The number of ether oxygens (including phenoxy) is 1. The maximum Gasteiger partial charge on any atom is 0.227 e. The van der Waals surface area contributed by atoms with Gasteiger partial charge in [-0.25, -0.2) is 4.98 Å². The molecule has 2 atom stereocenters. The molecule has 0 radical (unpaired) electrons. The van der Waals surface area contributed by atoms with E-state index in [1.807, 2.05) is 12.1 Å². The smallest absolute Gasteiger partial charge is 0.227 e. The number of nitrogens with zero attached hydrogens (tertiary/aromatic N) is 4. The van der Waals surface area contributed by atoms with Gasteiger partial charge in [0.1, 0.15) is 11.6 Å². The number of hydrogen-bond donors (Lipinski definition) is 0. The highest BCUT2D eigenvalue weighted by Crippen LogP contribution is 2.34. The third-order valence-electron chi connectivity index (χ3n) is 6.18. The van der Waals surface area contributed by atoms with Crippen LogP contribution in [-0.2, 0) is 4.79 Å². The molecule has 1 aromatic heterocycles. The number of hydrogen-bond acceptors (Lipinski definition) is 5. The van der Waals surface area contributed by atoms with Gasteiger partial charge in [0.2, 0.25) is 5.91 Å². The third-order valence-corrected chi connectivity index (χ3v) is 6.18. The van der Waals surface area contributed by atoms with Gasteiger partial charge in [-0.3, -0.25) is 9.78 Å². The number of carbonyl (C=O) groups excluding carboxylic acids is 1. The van der Waals surface area contributed by atoms with Crippen molar-refractivity contribution in [3.8, 4) is 5.75 Å². The van der Waals surface area contributed by atoms with E-state index in [9.17, 15) is 4.79 Å². The molecule has 0 N–H and O–H groups in total. The molecule has 0 aliphatic carbocycles. The number of rotatable bonds is 4. The van der Waals surface area contributed by atoms with Gasteiger partial charge in [-0.2, -0.15) is 0 Å². The standard InChI is InChI=1S/C23H30N4O2/c1-29-20-10-8-18(9-11-20)21-7-3-2-4-15-27(21)23(28)19-6-5-14-26(17-19)22-16-24-12-13-25-22/h8-13,16,19,21H,2-7,14-15,17H2,1H3/t19-,21+/m1/s1. The van der Waals surface area contributed by atoms with Crippen LogP contribution in [0.3, 0.4) is 0 Å². The summed E-state index contributed by atoms with van der Waals surface area (Å²) in [6.07, 6.45) is 11.6. The van der Waals surface area contributed by atoms with Crippen LogP contribution in [0, 0.1) is 5.92 Å². The lowest BCUT2D eigenvalue weighted by Crippen LogP contribution is -2.46. The summed E-state index contributed by atoms with van der Waals surface area (Å²) in [5.41, 5.74) is 1.21. The summed E-state index contributed by atoms with van der Waals surface area (Å²) in [6.45, 7) is 2.50. The van der Waals surface area contributed by atoms with E-state index in [0.717, 1.165) is 63.3 Å². The highest BCUT2D eigenvalue weighted by Gasteiger charge is 2.34. The molecule has 1 aromatic carbocycles. The number of methoxy groups -OCH3 is 1. The molecule has 2 fully saturated rings. The number of benzene rings is 1. The van der Waals surface area contributed by atoms with E-state index in [-0.39, 0.29) is 12.0 Å². The molecule has 2 aliphatic heterocycles. The van der Waals surface area contributed by atoms with Crippen LogP contribution in [0.5, 0.6) is 5.75 Å². The lowest BCUT2D eigenvalue weighted by Gasteiger charge is -2.38. The van der Waals surface area contributed by atoms with E-state index in [1.54, 1.807) is 25.7 Å². The van der Waals surface area contributed by atoms with E-state index < -0.39 is 0 Å². The van der Waals surface area contributed by atoms with Crippen molar-refractivity contribution in [2.75, 3.05) is 31.6 Å². The number of likely N-dealkylation sites (tertiary alicyclic amines) is 1. The van der Waals surface area contributed by atoms with Gasteiger partial charge in [0.25, 0.3) is 0 Å². The van der Waals surface area contributed by atoms with E-state index in [0.29, 0.717) is 5.91 Å². The molecule has 0 saturated carbocycles. The third kappa shape index (κ3) is 4.52. The van der Waals surface area contributed by atoms with Gasteiger partial charge in [-0.1, -0.05) is 25.0 Å². The molecule has 29 heavy (non-hydrogen) atoms. The summed E-state index contributed by atoms with van der Waals surface area (Å²) in [5, 5.41) is 0. The highest BCUT2D eigenvalue weighted by molar-refractivity contribution is 5.80. The first kappa shape index (κ1) is 19.7. The Morgan fingerprint density at radius 1 is 1.03 bits per heavy atom. The van der Waals surface area contributed by atoms with Crippen molar-refractivity contribution in [3.05, 3.63) is 48.4 Å². The summed E-state index contributed by atoms with van der Waals surface area (Å²) in [4.78, 5) is 26.6. The Morgan fingerprint density at radius 2 is 1.90 bits per heavy atom. The maximum atomic E-state index is 13.6. The molecular formula is C23H30N4O2. The average molecular weight is 395 g/mol. The SMILES string of the molecule is COc1ccc([C@@H]2CCCCCN2C(=O)[C@@H]2CCCN(c3cnccn3)C2)cc1. The summed E-state index contributed by atoms with van der Waals surface area (Å²) in [5.74, 6) is 2.03. The zero-order valence-electron chi connectivity index (χ0n) is 17.2. The fourth-order valence-corrected chi connectivity index (χ4v) is 4.62. The summed E-state index contributed by atoms with van der Waals surface area (Å²) < 4.78 is 5.31. The first-order valence-electron chi connectivity index (χ1n) is 10.7. The van der Waals surface area contributed by atoms with E-state index in [1.165, 1.54) is 12.0 Å². The molecule has 3 heterocycles. The molecule has 2 aliphatic rings. The topological polar surface area (TPSA) is 58.6 Å². The molecule has 0 bridgehead atoms. The highest BCUT2D eigenvalue weighted by atomic mass is 16.5. The van der Waals surface area contributed by atoms with E-state index in [4.69, 9.17) is 4.74 Å². The molecule has 6 nitrogen and oxygen atoms in total. The normalized spacial score (nSPS) is 22.8. The van der Waals surface area contributed by atoms with E-state index >= 15 is 0 Å². The van der Waals surface area contributed by atoms with Crippen LogP contribution in [0.4, 0.5) is 5.82 Å². The summed E-state index contributed by atoms with van der Waals surface area (Å²) in [7, 11) is 1.68. The molecule has 6 heteroatoms. The largest absolute Gasteiger partial charge is 0.497 e. The molecule has 1 amide bonds. The van der Waals surface area contributed by atoms with E-state index in [2.05, 4.69) is 31.9 Å². The Labute approximate surface area is 172 Å². The number of aromatic nitrogens is 2. The number of piperidine rings is 1. The fraction of sp³-hybridized carbons (Fsp3) is 0.522. The second kappa shape index (κ2) is 9.25. The van der Waals surface area contributed by atoms with Gasteiger partial charge < -0.3 is 14.5 Å². The summed E-state index contributed by atoms with van der Waals surface area (Å²) in [6, 6.07) is 8.38. The number of anilines is 1. The van der Waals surface area contributed by atoms with Crippen LogP contribution in [0.1, 0.15) is 50.1 Å². The Hall–Kier alpha value is -2.63. The second-order valence-corrected chi connectivity index (χ2v) is 8.02.